The Kier molecular flexibility index (Phi) is 5.98. The van der Waals surface area contributed by atoms with Crippen LogP contribution in [-0.4, -0.2) is 54.0 Å². The lowest BCUT2D eigenvalue weighted by atomic mass is 10.1. The van der Waals surface area contributed by atoms with Crippen LogP contribution in [0.25, 0.3) is 0 Å². The predicted molar refractivity (Wildman–Crippen MR) is 91.0 cm³/mol. The van der Waals surface area contributed by atoms with Gasteiger partial charge >= 0.3 is 0 Å². The Morgan fingerprint density at radius 2 is 2.05 bits per heavy atom. The van der Waals surface area contributed by atoms with E-state index < -0.39 is 0 Å². The smallest absolute Gasteiger partial charge is 0.254 e. The summed E-state index contributed by atoms with van der Waals surface area (Å²) in [4.78, 5) is 17.0. The van der Waals surface area contributed by atoms with Gasteiger partial charge in [0.2, 0.25) is 0 Å². The summed E-state index contributed by atoms with van der Waals surface area (Å²) in [5.74, 6) is 0.150. The Hall–Kier alpha value is -1.39. The highest BCUT2D eigenvalue weighted by Crippen LogP contribution is 2.13. The van der Waals surface area contributed by atoms with E-state index in [0.29, 0.717) is 6.04 Å². The first-order valence-electron chi connectivity index (χ1n) is 8.37. The van der Waals surface area contributed by atoms with E-state index in [2.05, 4.69) is 50.0 Å². The standard InChI is InChI=1S/C18H29N3O/c1-5-20(14(2)3)13-16-6-8-17(9-7-16)18(22)21-11-10-19-12-15(21)4/h6-9,14-15,19H,5,10-13H2,1-4H3. The predicted octanol–water partition coefficient (Wildman–Crippen LogP) is 2.35. The average molecular weight is 303 g/mol. The van der Waals surface area contributed by atoms with E-state index in [0.717, 1.165) is 38.3 Å². The molecule has 1 N–H and O–H groups in total. The van der Waals surface area contributed by atoms with E-state index in [1.165, 1.54) is 5.56 Å². The topological polar surface area (TPSA) is 35.6 Å². The van der Waals surface area contributed by atoms with E-state index in [4.69, 9.17) is 0 Å². The van der Waals surface area contributed by atoms with Gasteiger partial charge in [-0.15, -0.1) is 0 Å². The lowest BCUT2D eigenvalue weighted by molar-refractivity contribution is 0.0655. The Morgan fingerprint density at radius 1 is 1.36 bits per heavy atom. The summed E-state index contributed by atoms with van der Waals surface area (Å²) in [7, 11) is 0. The van der Waals surface area contributed by atoms with Crippen LogP contribution >= 0.6 is 0 Å². The zero-order valence-electron chi connectivity index (χ0n) is 14.3. The van der Waals surface area contributed by atoms with E-state index in [1.807, 2.05) is 17.0 Å². The summed E-state index contributed by atoms with van der Waals surface area (Å²) in [5.41, 5.74) is 2.06. The molecule has 4 nitrogen and oxygen atoms in total. The monoisotopic (exact) mass is 303 g/mol. The quantitative estimate of drug-likeness (QED) is 0.907. The highest BCUT2D eigenvalue weighted by molar-refractivity contribution is 5.94. The molecule has 1 aliphatic heterocycles. The minimum atomic E-state index is 0.150. The number of nitrogens with one attached hydrogen (secondary N) is 1. The first-order valence-corrected chi connectivity index (χ1v) is 8.37. The van der Waals surface area contributed by atoms with Gasteiger partial charge in [0.15, 0.2) is 0 Å². The Balaban J connectivity index is 2.03. The van der Waals surface area contributed by atoms with Crippen molar-refractivity contribution in [1.82, 2.24) is 15.1 Å². The van der Waals surface area contributed by atoms with Crippen LogP contribution in [-0.2, 0) is 6.54 Å². The van der Waals surface area contributed by atoms with Crippen molar-refractivity contribution in [2.75, 3.05) is 26.2 Å². The number of carbonyl (C=O) groups excluding carboxylic acids is 1. The van der Waals surface area contributed by atoms with Crippen LogP contribution in [0.3, 0.4) is 0 Å². The molecule has 1 heterocycles. The van der Waals surface area contributed by atoms with Crippen LogP contribution in [0.4, 0.5) is 0 Å². The van der Waals surface area contributed by atoms with Gasteiger partial charge in [0, 0.05) is 43.8 Å². The van der Waals surface area contributed by atoms with Crippen molar-refractivity contribution in [2.45, 2.75) is 46.3 Å². The second-order valence-corrected chi connectivity index (χ2v) is 6.41. The molecule has 1 amide bonds. The molecule has 1 aliphatic rings. The van der Waals surface area contributed by atoms with Gasteiger partial charge in [-0.2, -0.15) is 0 Å². The number of hydrogen-bond acceptors (Lipinski definition) is 3. The number of nitrogens with zero attached hydrogens (tertiary/aromatic N) is 2. The van der Waals surface area contributed by atoms with Crippen LogP contribution in [0.15, 0.2) is 24.3 Å². The summed E-state index contributed by atoms with van der Waals surface area (Å²) in [6.45, 7) is 13.2. The van der Waals surface area contributed by atoms with Gasteiger partial charge in [-0.05, 0) is 45.0 Å². The van der Waals surface area contributed by atoms with Crippen LogP contribution in [0.5, 0.6) is 0 Å². The second kappa shape index (κ2) is 7.75. The van der Waals surface area contributed by atoms with E-state index >= 15 is 0 Å². The maximum atomic E-state index is 12.6. The third kappa shape index (κ3) is 4.08. The van der Waals surface area contributed by atoms with Crippen molar-refractivity contribution in [2.24, 2.45) is 0 Å². The van der Waals surface area contributed by atoms with E-state index in [9.17, 15) is 4.79 Å². The maximum Gasteiger partial charge on any atom is 0.254 e. The minimum Gasteiger partial charge on any atom is -0.333 e. The summed E-state index contributed by atoms with van der Waals surface area (Å²) in [5, 5.41) is 3.32. The first-order chi connectivity index (χ1) is 10.5. The molecule has 0 spiro atoms. The summed E-state index contributed by atoms with van der Waals surface area (Å²) in [6, 6.07) is 8.92. The van der Waals surface area contributed by atoms with Crippen LogP contribution in [0.2, 0.25) is 0 Å². The molecule has 0 aliphatic carbocycles. The molecule has 0 radical (unpaired) electrons. The highest BCUT2D eigenvalue weighted by atomic mass is 16.2. The first kappa shape index (κ1) is 17.0. The molecule has 0 aromatic heterocycles. The molecule has 0 saturated carbocycles. The normalized spacial score (nSPS) is 19.0. The molecule has 1 atom stereocenters. The lowest BCUT2D eigenvalue weighted by Gasteiger charge is -2.34. The molecule has 4 heteroatoms. The van der Waals surface area contributed by atoms with Crippen LogP contribution in [0, 0.1) is 0 Å². The fourth-order valence-electron chi connectivity index (χ4n) is 2.96. The molecule has 122 valence electrons. The summed E-state index contributed by atoms with van der Waals surface area (Å²) < 4.78 is 0. The van der Waals surface area contributed by atoms with Gasteiger partial charge in [0.05, 0.1) is 0 Å². The van der Waals surface area contributed by atoms with Gasteiger partial charge in [0.25, 0.3) is 5.91 Å². The molecular formula is C18H29N3O. The molecule has 1 fully saturated rings. The lowest BCUT2D eigenvalue weighted by Crippen LogP contribution is -2.52. The Bertz CT molecular complexity index is 484. The molecular weight excluding hydrogens is 274 g/mol. The molecule has 1 aromatic carbocycles. The number of rotatable bonds is 5. The zero-order chi connectivity index (χ0) is 16.1. The van der Waals surface area contributed by atoms with Crippen LogP contribution in [0.1, 0.15) is 43.6 Å². The molecule has 0 bridgehead atoms. The van der Waals surface area contributed by atoms with E-state index in [1.54, 1.807) is 0 Å². The van der Waals surface area contributed by atoms with Gasteiger partial charge < -0.3 is 10.2 Å². The molecule has 2 rings (SSSR count). The number of hydrogen-bond donors (Lipinski definition) is 1. The number of amides is 1. The number of piperazine rings is 1. The minimum absolute atomic E-state index is 0.150. The highest BCUT2D eigenvalue weighted by Gasteiger charge is 2.23. The zero-order valence-corrected chi connectivity index (χ0v) is 14.3. The second-order valence-electron chi connectivity index (χ2n) is 6.41. The van der Waals surface area contributed by atoms with Crippen molar-refractivity contribution < 1.29 is 4.79 Å². The van der Waals surface area contributed by atoms with Crippen molar-refractivity contribution in [3.63, 3.8) is 0 Å². The fourth-order valence-corrected chi connectivity index (χ4v) is 2.96. The average Bonchev–Trinajstić information content (AvgIpc) is 2.52. The number of carbonyl (C=O) groups is 1. The Labute approximate surface area is 134 Å². The Morgan fingerprint density at radius 3 is 2.59 bits per heavy atom. The maximum absolute atomic E-state index is 12.6. The molecule has 1 saturated heterocycles. The summed E-state index contributed by atoms with van der Waals surface area (Å²) in [6.07, 6.45) is 0. The fraction of sp³-hybridized carbons (Fsp3) is 0.611. The van der Waals surface area contributed by atoms with Gasteiger partial charge in [-0.3, -0.25) is 9.69 Å². The van der Waals surface area contributed by atoms with Gasteiger partial charge in [-0.1, -0.05) is 19.1 Å². The third-order valence-electron chi connectivity index (χ3n) is 4.49. The third-order valence-corrected chi connectivity index (χ3v) is 4.49. The van der Waals surface area contributed by atoms with Gasteiger partial charge in [-0.25, -0.2) is 0 Å². The van der Waals surface area contributed by atoms with Crippen molar-refractivity contribution in [3.8, 4) is 0 Å². The van der Waals surface area contributed by atoms with E-state index in [-0.39, 0.29) is 11.9 Å². The molecule has 22 heavy (non-hydrogen) atoms. The van der Waals surface area contributed by atoms with Crippen LogP contribution < -0.4 is 5.32 Å². The van der Waals surface area contributed by atoms with Crippen molar-refractivity contribution in [1.29, 1.82) is 0 Å². The summed E-state index contributed by atoms with van der Waals surface area (Å²) >= 11 is 0. The SMILES string of the molecule is CCN(Cc1ccc(C(=O)N2CCNCC2C)cc1)C(C)C. The largest absolute Gasteiger partial charge is 0.333 e. The van der Waals surface area contributed by atoms with Gasteiger partial charge in [0.1, 0.15) is 0 Å². The number of benzene rings is 1. The van der Waals surface area contributed by atoms with Crippen molar-refractivity contribution >= 4 is 5.91 Å². The molecule has 1 unspecified atom stereocenters. The molecule has 1 aromatic rings. The van der Waals surface area contributed by atoms with Crippen molar-refractivity contribution in [3.05, 3.63) is 35.4 Å².